The smallest absolute Gasteiger partial charge is 0.257 e. The largest absolute Gasteiger partial charge is 0.496 e. The second kappa shape index (κ2) is 5.89. The molecule has 0 saturated heterocycles. The summed E-state index contributed by atoms with van der Waals surface area (Å²) in [4.78, 5) is 14.6. The quantitative estimate of drug-likeness (QED) is 0.818. The lowest BCUT2D eigenvalue weighted by Gasteiger charge is -2.28. The molecule has 1 aliphatic rings. The van der Waals surface area contributed by atoms with E-state index in [-0.39, 0.29) is 5.91 Å². The molecule has 1 aromatic rings. The number of benzene rings is 1. The van der Waals surface area contributed by atoms with Crippen molar-refractivity contribution in [1.29, 1.82) is 0 Å². The van der Waals surface area contributed by atoms with Crippen LogP contribution >= 0.6 is 0 Å². The van der Waals surface area contributed by atoms with Gasteiger partial charge in [-0.3, -0.25) is 4.79 Å². The zero-order valence-electron chi connectivity index (χ0n) is 11.2. The highest BCUT2D eigenvalue weighted by Crippen LogP contribution is 2.27. The van der Waals surface area contributed by atoms with Crippen LogP contribution in [0.2, 0.25) is 0 Å². The molecule has 1 fully saturated rings. The van der Waals surface area contributed by atoms with Gasteiger partial charge in [-0.25, -0.2) is 0 Å². The van der Waals surface area contributed by atoms with Crippen LogP contribution in [0.3, 0.4) is 0 Å². The van der Waals surface area contributed by atoms with Crippen molar-refractivity contribution < 1.29 is 9.53 Å². The van der Waals surface area contributed by atoms with Crippen LogP contribution in [-0.2, 0) is 0 Å². The number of rotatable bonds is 4. The van der Waals surface area contributed by atoms with Gasteiger partial charge in [0.05, 0.1) is 12.7 Å². The van der Waals surface area contributed by atoms with Gasteiger partial charge < -0.3 is 9.64 Å². The average Bonchev–Trinajstić information content (AvgIpc) is 2.93. The van der Waals surface area contributed by atoms with E-state index < -0.39 is 0 Å². The van der Waals surface area contributed by atoms with Gasteiger partial charge >= 0.3 is 0 Å². The summed E-state index contributed by atoms with van der Waals surface area (Å²) in [5.41, 5.74) is 0.675. The topological polar surface area (TPSA) is 29.5 Å². The number of hydrogen-bond donors (Lipinski definition) is 0. The maximum absolute atomic E-state index is 12.6. The van der Waals surface area contributed by atoms with E-state index in [9.17, 15) is 4.79 Å². The van der Waals surface area contributed by atoms with Crippen LogP contribution in [0.4, 0.5) is 0 Å². The third-order valence-electron chi connectivity index (χ3n) is 3.70. The van der Waals surface area contributed by atoms with Gasteiger partial charge in [-0.2, -0.15) is 0 Å². The lowest BCUT2D eigenvalue weighted by Crippen LogP contribution is -2.38. The van der Waals surface area contributed by atoms with Gasteiger partial charge in [0.25, 0.3) is 5.91 Å². The highest BCUT2D eigenvalue weighted by atomic mass is 16.5. The second-order valence-electron chi connectivity index (χ2n) is 4.73. The minimum atomic E-state index is 0.0989. The van der Waals surface area contributed by atoms with Gasteiger partial charge in [0.2, 0.25) is 0 Å². The molecule has 0 spiro atoms. The Morgan fingerprint density at radius 3 is 2.61 bits per heavy atom. The molecule has 0 unspecified atom stereocenters. The third kappa shape index (κ3) is 2.50. The van der Waals surface area contributed by atoms with Crippen molar-refractivity contribution >= 4 is 5.91 Å². The molecule has 1 aliphatic carbocycles. The second-order valence-corrected chi connectivity index (χ2v) is 4.73. The number of ether oxygens (including phenoxy) is 1. The van der Waals surface area contributed by atoms with E-state index in [0.717, 1.165) is 19.4 Å². The molecule has 18 heavy (non-hydrogen) atoms. The summed E-state index contributed by atoms with van der Waals surface area (Å²) < 4.78 is 5.28. The predicted molar refractivity (Wildman–Crippen MR) is 72.0 cm³/mol. The molecule has 0 N–H and O–H groups in total. The number of para-hydroxylation sites is 1. The summed E-state index contributed by atoms with van der Waals surface area (Å²) in [6, 6.07) is 7.88. The van der Waals surface area contributed by atoms with Crippen molar-refractivity contribution in [3.05, 3.63) is 29.8 Å². The molecule has 1 aromatic carbocycles. The molecule has 3 heteroatoms. The Hall–Kier alpha value is -1.51. The van der Waals surface area contributed by atoms with Crippen molar-refractivity contribution in [3.63, 3.8) is 0 Å². The van der Waals surface area contributed by atoms with E-state index in [1.807, 2.05) is 36.1 Å². The lowest BCUT2D eigenvalue weighted by atomic mass is 10.1. The molecule has 0 atom stereocenters. The molecule has 0 bridgehead atoms. The molecular formula is C15H21NO2. The van der Waals surface area contributed by atoms with E-state index in [4.69, 9.17) is 4.74 Å². The molecule has 3 nitrogen and oxygen atoms in total. The Morgan fingerprint density at radius 1 is 1.33 bits per heavy atom. The molecule has 1 amide bonds. The first kappa shape index (κ1) is 12.9. The number of carbonyl (C=O) groups is 1. The van der Waals surface area contributed by atoms with Crippen molar-refractivity contribution in [2.75, 3.05) is 13.7 Å². The molecule has 1 saturated carbocycles. The summed E-state index contributed by atoms with van der Waals surface area (Å²) in [6.07, 6.45) is 4.74. The van der Waals surface area contributed by atoms with Crippen LogP contribution in [0.25, 0.3) is 0 Å². The molecule has 0 aromatic heterocycles. The zero-order chi connectivity index (χ0) is 13.0. The highest BCUT2D eigenvalue weighted by Gasteiger charge is 2.27. The summed E-state index contributed by atoms with van der Waals surface area (Å²) in [5, 5.41) is 0. The standard InChI is InChI=1S/C15H21NO2/c1-3-16(12-8-4-5-9-12)15(17)13-10-6-7-11-14(13)18-2/h6-7,10-12H,3-5,8-9H2,1-2H3. The predicted octanol–water partition coefficient (Wildman–Crippen LogP) is 3.10. The molecule has 98 valence electrons. The van der Waals surface area contributed by atoms with Gasteiger partial charge in [0.15, 0.2) is 0 Å². The number of methoxy groups -OCH3 is 1. The summed E-state index contributed by atoms with van der Waals surface area (Å²) in [7, 11) is 1.61. The summed E-state index contributed by atoms with van der Waals surface area (Å²) >= 11 is 0. The minimum absolute atomic E-state index is 0.0989. The third-order valence-corrected chi connectivity index (χ3v) is 3.70. The van der Waals surface area contributed by atoms with Crippen LogP contribution in [0.15, 0.2) is 24.3 Å². The maximum atomic E-state index is 12.6. The minimum Gasteiger partial charge on any atom is -0.496 e. The molecule has 0 heterocycles. The van der Waals surface area contributed by atoms with Gasteiger partial charge in [-0.15, -0.1) is 0 Å². The lowest BCUT2D eigenvalue weighted by molar-refractivity contribution is 0.0690. The first-order chi connectivity index (χ1) is 8.77. The van der Waals surface area contributed by atoms with Crippen molar-refractivity contribution in [1.82, 2.24) is 4.90 Å². The first-order valence-corrected chi connectivity index (χ1v) is 6.72. The zero-order valence-corrected chi connectivity index (χ0v) is 11.2. The van der Waals surface area contributed by atoms with Crippen LogP contribution in [0, 0.1) is 0 Å². The number of nitrogens with zero attached hydrogens (tertiary/aromatic N) is 1. The maximum Gasteiger partial charge on any atom is 0.257 e. The molecule has 2 rings (SSSR count). The van der Waals surface area contributed by atoms with Gasteiger partial charge in [0.1, 0.15) is 5.75 Å². The van der Waals surface area contributed by atoms with E-state index in [1.165, 1.54) is 12.8 Å². The fraction of sp³-hybridized carbons (Fsp3) is 0.533. The van der Waals surface area contributed by atoms with Crippen LogP contribution < -0.4 is 4.74 Å². The van der Waals surface area contributed by atoms with E-state index in [2.05, 4.69) is 0 Å². The molecule has 0 radical (unpaired) electrons. The van der Waals surface area contributed by atoms with Crippen molar-refractivity contribution in [2.45, 2.75) is 38.6 Å². The Kier molecular flexibility index (Phi) is 4.24. The SMILES string of the molecule is CCN(C(=O)c1ccccc1OC)C1CCCC1. The Labute approximate surface area is 109 Å². The number of carbonyl (C=O) groups excluding carboxylic acids is 1. The Balaban J connectivity index is 2.22. The molecule has 0 aliphatic heterocycles. The Bertz CT molecular complexity index is 411. The van der Waals surface area contributed by atoms with E-state index in [0.29, 0.717) is 17.4 Å². The van der Waals surface area contributed by atoms with Gasteiger partial charge in [-0.1, -0.05) is 25.0 Å². The Morgan fingerprint density at radius 2 is 2.00 bits per heavy atom. The van der Waals surface area contributed by atoms with Gasteiger partial charge in [0, 0.05) is 12.6 Å². The molecular weight excluding hydrogens is 226 g/mol. The first-order valence-electron chi connectivity index (χ1n) is 6.72. The van der Waals surface area contributed by atoms with Crippen molar-refractivity contribution in [2.24, 2.45) is 0 Å². The van der Waals surface area contributed by atoms with Gasteiger partial charge in [-0.05, 0) is 31.9 Å². The highest BCUT2D eigenvalue weighted by molar-refractivity contribution is 5.97. The van der Waals surface area contributed by atoms with E-state index in [1.54, 1.807) is 7.11 Å². The number of amides is 1. The van der Waals surface area contributed by atoms with Crippen LogP contribution in [0.5, 0.6) is 5.75 Å². The van der Waals surface area contributed by atoms with E-state index >= 15 is 0 Å². The fourth-order valence-electron chi connectivity index (χ4n) is 2.76. The number of hydrogen-bond acceptors (Lipinski definition) is 2. The fourth-order valence-corrected chi connectivity index (χ4v) is 2.76. The normalized spacial score (nSPS) is 15.7. The summed E-state index contributed by atoms with van der Waals surface area (Å²) in [5.74, 6) is 0.765. The average molecular weight is 247 g/mol. The van der Waals surface area contributed by atoms with Crippen LogP contribution in [0.1, 0.15) is 43.0 Å². The van der Waals surface area contributed by atoms with Crippen LogP contribution in [-0.4, -0.2) is 30.5 Å². The monoisotopic (exact) mass is 247 g/mol. The summed E-state index contributed by atoms with van der Waals surface area (Å²) in [6.45, 7) is 2.81. The van der Waals surface area contributed by atoms with Crippen molar-refractivity contribution in [3.8, 4) is 5.75 Å².